The molecule has 0 spiro atoms. The molecule has 0 atom stereocenters. The van der Waals surface area contributed by atoms with Crippen molar-refractivity contribution < 1.29 is 4.42 Å². The molecular weight excluding hydrogens is 234 g/mol. The summed E-state index contributed by atoms with van der Waals surface area (Å²) in [5.74, 6) is 1.62. The van der Waals surface area contributed by atoms with Crippen molar-refractivity contribution in [2.24, 2.45) is 5.73 Å². The summed E-state index contributed by atoms with van der Waals surface area (Å²) in [6.45, 7) is 4.92. The SMILES string of the molecule is CC(C)=CCSc1nnc(CCCCCN)o1. The monoisotopic (exact) mass is 255 g/mol. The Bertz CT molecular complexity index is 345. The fourth-order valence-electron chi connectivity index (χ4n) is 1.27. The van der Waals surface area contributed by atoms with Gasteiger partial charge in [0.2, 0.25) is 5.89 Å². The lowest BCUT2D eigenvalue weighted by Crippen LogP contribution is -1.98. The predicted octanol–water partition coefficient (Wildman–Crippen LogP) is 2.80. The number of hydrogen-bond donors (Lipinski definition) is 1. The van der Waals surface area contributed by atoms with Crippen LogP contribution in [0.1, 0.15) is 39.0 Å². The van der Waals surface area contributed by atoms with Gasteiger partial charge in [-0.1, -0.05) is 29.8 Å². The van der Waals surface area contributed by atoms with Crippen LogP contribution in [0.2, 0.25) is 0 Å². The number of allylic oxidation sites excluding steroid dienone is 1. The van der Waals surface area contributed by atoms with Crippen LogP contribution in [0.4, 0.5) is 0 Å². The number of nitrogens with zero attached hydrogens (tertiary/aromatic N) is 2. The van der Waals surface area contributed by atoms with Crippen LogP contribution in [-0.2, 0) is 6.42 Å². The molecule has 1 rings (SSSR count). The van der Waals surface area contributed by atoms with Crippen LogP contribution in [0.25, 0.3) is 0 Å². The van der Waals surface area contributed by atoms with Crippen molar-refractivity contribution in [2.45, 2.75) is 44.8 Å². The minimum absolute atomic E-state index is 0.663. The second-order valence-electron chi connectivity index (χ2n) is 4.15. The van der Waals surface area contributed by atoms with Gasteiger partial charge in [0.25, 0.3) is 5.22 Å². The van der Waals surface area contributed by atoms with Crippen molar-refractivity contribution >= 4 is 11.8 Å². The van der Waals surface area contributed by atoms with Crippen LogP contribution in [0, 0.1) is 0 Å². The largest absolute Gasteiger partial charge is 0.416 e. The van der Waals surface area contributed by atoms with Gasteiger partial charge in [-0.3, -0.25) is 0 Å². The summed E-state index contributed by atoms with van der Waals surface area (Å²) in [5.41, 5.74) is 6.74. The zero-order valence-electron chi connectivity index (χ0n) is 10.6. The number of thioether (sulfide) groups is 1. The predicted molar refractivity (Wildman–Crippen MR) is 71.1 cm³/mol. The van der Waals surface area contributed by atoms with Crippen molar-refractivity contribution in [3.63, 3.8) is 0 Å². The number of hydrogen-bond acceptors (Lipinski definition) is 5. The summed E-state index contributed by atoms with van der Waals surface area (Å²) in [6.07, 6.45) is 6.26. The fourth-order valence-corrected chi connectivity index (χ4v) is 2.09. The van der Waals surface area contributed by atoms with E-state index in [0.717, 1.165) is 43.9 Å². The maximum Gasteiger partial charge on any atom is 0.276 e. The minimum atomic E-state index is 0.663. The molecule has 0 aliphatic rings. The molecule has 2 N–H and O–H groups in total. The van der Waals surface area contributed by atoms with Crippen molar-refractivity contribution in [2.75, 3.05) is 12.3 Å². The molecule has 5 heteroatoms. The molecule has 0 aliphatic carbocycles. The number of unbranched alkanes of at least 4 members (excludes halogenated alkanes) is 2. The van der Waals surface area contributed by atoms with E-state index in [9.17, 15) is 0 Å². The van der Waals surface area contributed by atoms with Gasteiger partial charge < -0.3 is 10.2 Å². The van der Waals surface area contributed by atoms with E-state index in [0.29, 0.717) is 5.22 Å². The summed E-state index contributed by atoms with van der Waals surface area (Å²) in [5, 5.41) is 8.69. The lowest BCUT2D eigenvalue weighted by molar-refractivity contribution is 0.407. The van der Waals surface area contributed by atoms with E-state index in [1.54, 1.807) is 11.8 Å². The molecule has 1 aromatic rings. The Kier molecular flexibility index (Phi) is 6.96. The van der Waals surface area contributed by atoms with Crippen LogP contribution < -0.4 is 5.73 Å². The van der Waals surface area contributed by atoms with E-state index in [1.807, 2.05) is 0 Å². The number of aryl methyl sites for hydroxylation is 1. The zero-order valence-corrected chi connectivity index (χ0v) is 11.4. The standard InChI is InChI=1S/C12H21N3OS/c1-10(2)7-9-17-12-15-14-11(16-12)6-4-3-5-8-13/h7H,3-6,8-9,13H2,1-2H3. The molecule has 1 heterocycles. The molecule has 17 heavy (non-hydrogen) atoms. The van der Waals surface area contributed by atoms with Crippen LogP contribution >= 0.6 is 11.8 Å². The van der Waals surface area contributed by atoms with Gasteiger partial charge >= 0.3 is 0 Å². The van der Waals surface area contributed by atoms with E-state index in [4.69, 9.17) is 10.2 Å². The highest BCUT2D eigenvalue weighted by Crippen LogP contribution is 2.17. The Morgan fingerprint density at radius 3 is 2.82 bits per heavy atom. The Morgan fingerprint density at radius 2 is 2.12 bits per heavy atom. The van der Waals surface area contributed by atoms with Crippen LogP contribution in [0.15, 0.2) is 21.3 Å². The van der Waals surface area contributed by atoms with Crippen LogP contribution in [0.3, 0.4) is 0 Å². The molecular formula is C12H21N3OS. The van der Waals surface area contributed by atoms with Crippen molar-refractivity contribution in [1.29, 1.82) is 0 Å². The van der Waals surface area contributed by atoms with Gasteiger partial charge in [0.1, 0.15) is 0 Å². The third-order valence-corrected chi connectivity index (χ3v) is 2.99. The van der Waals surface area contributed by atoms with E-state index < -0.39 is 0 Å². The number of nitrogens with two attached hydrogens (primary N) is 1. The molecule has 0 aromatic carbocycles. The van der Waals surface area contributed by atoms with Crippen molar-refractivity contribution in [1.82, 2.24) is 10.2 Å². The van der Waals surface area contributed by atoms with Crippen LogP contribution in [0.5, 0.6) is 0 Å². The first-order valence-electron chi connectivity index (χ1n) is 6.01. The average Bonchev–Trinajstić information content (AvgIpc) is 2.72. The molecule has 1 aromatic heterocycles. The molecule has 0 aliphatic heterocycles. The quantitative estimate of drug-likeness (QED) is 0.439. The third kappa shape index (κ3) is 6.48. The summed E-state index contributed by atoms with van der Waals surface area (Å²) in [6, 6.07) is 0. The van der Waals surface area contributed by atoms with Gasteiger partial charge in [-0.05, 0) is 33.2 Å². The first kappa shape index (κ1) is 14.3. The molecule has 0 unspecified atom stereocenters. The fraction of sp³-hybridized carbons (Fsp3) is 0.667. The molecule has 0 radical (unpaired) electrons. The lowest BCUT2D eigenvalue weighted by Gasteiger charge is -1.95. The first-order valence-corrected chi connectivity index (χ1v) is 6.99. The topological polar surface area (TPSA) is 64.9 Å². The highest BCUT2D eigenvalue weighted by Gasteiger charge is 2.05. The van der Waals surface area contributed by atoms with E-state index >= 15 is 0 Å². The van der Waals surface area contributed by atoms with Gasteiger partial charge in [0.05, 0.1) is 0 Å². The normalized spacial score (nSPS) is 10.5. The Labute approximate surface area is 107 Å². The molecule has 0 bridgehead atoms. The average molecular weight is 255 g/mol. The molecule has 0 fully saturated rings. The van der Waals surface area contributed by atoms with Crippen molar-refractivity contribution in [3.8, 4) is 0 Å². The highest BCUT2D eigenvalue weighted by molar-refractivity contribution is 7.99. The second-order valence-corrected chi connectivity index (χ2v) is 5.12. The van der Waals surface area contributed by atoms with E-state index in [2.05, 4.69) is 30.1 Å². The molecule has 0 saturated carbocycles. The van der Waals surface area contributed by atoms with Crippen molar-refractivity contribution in [3.05, 3.63) is 17.5 Å². The molecule has 0 amide bonds. The summed E-state index contributed by atoms with van der Waals surface area (Å²) in [4.78, 5) is 0. The summed E-state index contributed by atoms with van der Waals surface area (Å²) in [7, 11) is 0. The maximum absolute atomic E-state index is 5.53. The van der Waals surface area contributed by atoms with Crippen LogP contribution in [-0.4, -0.2) is 22.5 Å². The zero-order chi connectivity index (χ0) is 12.5. The Balaban J connectivity index is 2.25. The Hall–Kier alpha value is -0.810. The second kappa shape index (κ2) is 8.31. The first-order chi connectivity index (χ1) is 8.22. The highest BCUT2D eigenvalue weighted by atomic mass is 32.2. The molecule has 4 nitrogen and oxygen atoms in total. The Morgan fingerprint density at radius 1 is 1.29 bits per heavy atom. The summed E-state index contributed by atoms with van der Waals surface area (Å²) >= 11 is 1.58. The minimum Gasteiger partial charge on any atom is -0.416 e. The van der Waals surface area contributed by atoms with Gasteiger partial charge in [0, 0.05) is 12.2 Å². The summed E-state index contributed by atoms with van der Waals surface area (Å²) < 4.78 is 5.53. The van der Waals surface area contributed by atoms with E-state index in [1.165, 1.54) is 5.57 Å². The third-order valence-electron chi connectivity index (χ3n) is 2.24. The molecule has 96 valence electrons. The van der Waals surface area contributed by atoms with E-state index in [-0.39, 0.29) is 0 Å². The molecule has 0 saturated heterocycles. The lowest BCUT2D eigenvalue weighted by atomic mass is 10.2. The smallest absolute Gasteiger partial charge is 0.276 e. The number of aromatic nitrogens is 2. The van der Waals surface area contributed by atoms with Gasteiger partial charge in [-0.2, -0.15) is 0 Å². The number of rotatable bonds is 8. The van der Waals surface area contributed by atoms with Gasteiger partial charge in [0.15, 0.2) is 0 Å². The maximum atomic E-state index is 5.53. The van der Waals surface area contributed by atoms with Gasteiger partial charge in [-0.25, -0.2) is 0 Å². The van der Waals surface area contributed by atoms with Gasteiger partial charge in [-0.15, -0.1) is 10.2 Å².